The Bertz CT molecular complexity index is 940. The zero-order chi connectivity index (χ0) is 19.4. The van der Waals surface area contributed by atoms with Crippen LogP contribution in [0.1, 0.15) is 28.8 Å². The van der Waals surface area contributed by atoms with Crippen molar-refractivity contribution < 1.29 is 22.3 Å². The summed E-state index contributed by atoms with van der Waals surface area (Å²) in [6.07, 6.45) is 1.84. The molecule has 3 rings (SSSR count). The molecule has 2 N–H and O–H groups in total. The first-order chi connectivity index (χ1) is 12.9. The molecule has 1 heterocycles. The first-order valence-corrected chi connectivity index (χ1v) is 10.1. The number of ether oxygens (including phenoxy) is 1. The standard InChI is InChI=1S/C19H21FN2O4S/c1-13-11-15(8-9-17(13)20)27(24,25)22-18-7-3-2-6-16(18)19(23)21-12-14-5-4-10-26-14/h2-3,6-9,11,14,22H,4-5,10,12H2,1H3,(H,21,23). The second kappa shape index (κ2) is 8.06. The van der Waals surface area contributed by atoms with Crippen molar-refractivity contribution in [2.24, 2.45) is 0 Å². The molecular formula is C19H21FN2O4S. The third-order valence-electron chi connectivity index (χ3n) is 4.37. The van der Waals surface area contributed by atoms with Crippen LogP contribution >= 0.6 is 0 Å². The van der Waals surface area contributed by atoms with E-state index in [4.69, 9.17) is 4.74 Å². The number of aryl methyl sites for hydroxylation is 1. The van der Waals surface area contributed by atoms with Crippen LogP contribution in [0.3, 0.4) is 0 Å². The van der Waals surface area contributed by atoms with E-state index >= 15 is 0 Å². The first-order valence-electron chi connectivity index (χ1n) is 8.64. The molecule has 1 unspecified atom stereocenters. The molecule has 2 aromatic rings. The van der Waals surface area contributed by atoms with Gasteiger partial charge in [-0.05, 0) is 55.7 Å². The molecule has 6 nitrogen and oxygen atoms in total. The van der Waals surface area contributed by atoms with E-state index in [2.05, 4.69) is 10.0 Å². The van der Waals surface area contributed by atoms with Gasteiger partial charge in [0.1, 0.15) is 5.82 Å². The lowest BCUT2D eigenvalue weighted by Crippen LogP contribution is -2.32. The monoisotopic (exact) mass is 392 g/mol. The number of nitrogens with one attached hydrogen (secondary N) is 2. The van der Waals surface area contributed by atoms with Gasteiger partial charge in [-0.15, -0.1) is 0 Å². The Balaban J connectivity index is 1.78. The van der Waals surface area contributed by atoms with Crippen molar-refractivity contribution in [1.82, 2.24) is 5.32 Å². The summed E-state index contributed by atoms with van der Waals surface area (Å²) < 4.78 is 46.5. The molecule has 0 spiro atoms. The Labute approximate surface area is 157 Å². The fourth-order valence-corrected chi connectivity index (χ4v) is 4.03. The van der Waals surface area contributed by atoms with Gasteiger partial charge in [0.25, 0.3) is 15.9 Å². The Morgan fingerprint density at radius 3 is 2.74 bits per heavy atom. The molecule has 1 aliphatic heterocycles. The van der Waals surface area contributed by atoms with Crippen molar-refractivity contribution >= 4 is 21.6 Å². The normalized spacial score (nSPS) is 16.9. The number of para-hydroxylation sites is 1. The lowest BCUT2D eigenvalue weighted by atomic mass is 10.1. The number of halogens is 1. The molecular weight excluding hydrogens is 371 g/mol. The van der Waals surface area contributed by atoms with Crippen LogP contribution in [-0.2, 0) is 14.8 Å². The Hall–Kier alpha value is -2.45. The molecule has 27 heavy (non-hydrogen) atoms. The minimum Gasteiger partial charge on any atom is -0.376 e. The van der Waals surface area contributed by atoms with E-state index in [9.17, 15) is 17.6 Å². The average Bonchev–Trinajstić information content (AvgIpc) is 3.15. The molecule has 2 aromatic carbocycles. The minimum atomic E-state index is -3.96. The topological polar surface area (TPSA) is 84.5 Å². The summed E-state index contributed by atoms with van der Waals surface area (Å²) in [5, 5.41) is 2.78. The maximum Gasteiger partial charge on any atom is 0.261 e. The van der Waals surface area contributed by atoms with Crippen LogP contribution in [0.4, 0.5) is 10.1 Å². The van der Waals surface area contributed by atoms with Crippen LogP contribution in [0.25, 0.3) is 0 Å². The van der Waals surface area contributed by atoms with Crippen molar-refractivity contribution in [3.63, 3.8) is 0 Å². The van der Waals surface area contributed by atoms with Crippen molar-refractivity contribution in [3.05, 3.63) is 59.4 Å². The number of carbonyl (C=O) groups excluding carboxylic acids is 1. The van der Waals surface area contributed by atoms with Gasteiger partial charge in [0, 0.05) is 13.2 Å². The fourth-order valence-electron chi connectivity index (χ4n) is 2.87. The second-order valence-corrected chi connectivity index (χ2v) is 8.09. The van der Waals surface area contributed by atoms with Crippen LogP contribution in [0.5, 0.6) is 0 Å². The van der Waals surface area contributed by atoms with Gasteiger partial charge < -0.3 is 10.1 Å². The summed E-state index contributed by atoms with van der Waals surface area (Å²) in [6, 6.07) is 9.87. The average molecular weight is 392 g/mol. The summed E-state index contributed by atoms with van der Waals surface area (Å²) in [6.45, 7) is 2.55. The first kappa shape index (κ1) is 19.3. The summed E-state index contributed by atoms with van der Waals surface area (Å²) in [7, 11) is -3.96. The SMILES string of the molecule is Cc1cc(S(=O)(=O)Nc2ccccc2C(=O)NCC2CCCO2)ccc1F. The third-order valence-corrected chi connectivity index (χ3v) is 5.73. The van der Waals surface area contributed by atoms with E-state index in [1.54, 1.807) is 18.2 Å². The largest absolute Gasteiger partial charge is 0.376 e. The number of benzene rings is 2. The van der Waals surface area contributed by atoms with E-state index in [0.29, 0.717) is 13.2 Å². The molecule has 1 fully saturated rings. The Morgan fingerprint density at radius 2 is 2.04 bits per heavy atom. The lowest BCUT2D eigenvalue weighted by molar-refractivity contribution is 0.0858. The van der Waals surface area contributed by atoms with E-state index in [1.165, 1.54) is 25.1 Å². The van der Waals surface area contributed by atoms with Crippen LogP contribution in [0.2, 0.25) is 0 Å². The van der Waals surface area contributed by atoms with E-state index in [1.807, 2.05) is 0 Å². The van der Waals surface area contributed by atoms with Gasteiger partial charge in [-0.3, -0.25) is 9.52 Å². The van der Waals surface area contributed by atoms with Crippen molar-refractivity contribution in [2.75, 3.05) is 17.9 Å². The van der Waals surface area contributed by atoms with Crippen LogP contribution in [0, 0.1) is 12.7 Å². The highest BCUT2D eigenvalue weighted by Crippen LogP contribution is 2.22. The molecule has 8 heteroatoms. The zero-order valence-electron chi connectivity index (χ0n) is 14.9. The summed E-state index contributed by atoms with van der Waals surface area (Å²) in [4.78, 5) is 12.4. The van der Waals surface area contributed by atoms with Crippen molar-refractivity contribution in [1.29, 1.82) is 0 Å². The van der Waals surface area contributed by atoms with Gasteiger partial charge in [-0.1, -0.05) is 12.1 Å². The number of anilines is 1. The number of carbonyl (C=O) groups is 1. The smallest absolute Gasteiger partial charge is 0.261 e. The predicted molar refractivity (Wildman–Crippen MR) is 99.7 cm³/mol. The van der Waals surface area contributed by atoms with Crippen LogP contribution in [0.15, 0.2) is 47.4 Å². The molecule has 0 aliphatic carbocycles. The summed E-state index contributed by atoms with van der Waals surface area (Å²) in [5.41, 5.74) is 0.586. The number of rotatable bonds is 6. The molecule has 1 amide bonds. The molecule has 0 bridgehead atoms. The number of hydrogen-bond donors (Lipinski definition) is 2. The number of amides is 1. The highest BCUT2D eigenvalue weighted by atomic mass is 32.2. The quantitative estimate of drug-likeness (QED) is 0.792. The maximum absolute atomic E-state index is 13.4. The van der Waals surface area contributed by atoms with Crippen molar-refractivity contribution in [3.8, 4) is 0 Å². The molecule has 144 valence electrons. The van der Waals surface area contributed by atoms with Crippen molar-refractivity contribution in [2.45, 2.75) is 30.8 Å². The second-order valence-electron chi connectivity index (χ2n) is 6.41. The highest BCUT2D eigenvalue weighted by molar-refractivity contribution is 7.92. The predicted octanol–water partition coefficient (Wildman–Crippen LogP) is 2.84. The molecule has 0 saturated carbocycles. The van der Waals surface area contributed by atoms with E-state index in [0.717, 1.165) is 18.9 Å². The minimum absolute atomic E-state index is 0.0139. The molecule has 0 aromatic heterocycles. The van der Waals surface area contributed by atoms with Gasteiger partial charge in [0.2, 0.25) is 0 Å². The maximum atomic E-state index is 13.4. The highest BCUT2D eigenvalue weighted by Gasteiger charge is 2.21. The zero-order valence-corrected chi connectivity index (χ0v) is 15.7. The van der Waals surface area contributed by atoms with Crippen LogP contribution < -0.4 is 10.0 Å². The van der Waals surface area contributed by atoms with Gasteiger partial charge in [0.05, 0.1) is 22.3 Å². The van der Waals surface area contributed by atoms with Crippen LogP contribution in [-0.4, -0.2) is 33.6 Å². The van der Waals surface area contributed by atoms with Gasteiger partial charge in [0.15, 0.2) is 0 Å². The molecule has 0 radical (unpaired) electrons. The fraction of sp³-hybridized carbons (Fsp3) is 0.316. The van der Waals surface area contributed by atoms with Gasteiger partial charge >= 0.3 is 0 Å². The summed E-state index contributed by atoms with van der Waals surface area (Å²) >= 11 is 0. The Morgan fingerprint density at radius 1 is 1.26 bits per heavy atom. The summed E-state index contributed by atoms with van der Waals surface area (Å²) in [5.74, 6) is -0.873. The Kier molecular flexibility index (Phi) is 5.76. The number of sulfonamides is 1. The van der Waals surface area contributed by atoms with Gasteiger partial charge in [-0.25, -0.2) is 12.8 Å². The van der Waals surface area contributed by atoms with E-state index in [-0.39, 0.29) is 33.7 Å². The molecule has 1 saturated heterocycles. The van der Waals surface area contributed by atoms with Gasteiger partial charge in [-0.2, -0.15) is 0 Å². The lowest BCUT2D eigenvalue weighted by Gasteiger charge is -2.14. The van der Waals surface area contributed by atoms with E-state index < -0.39 is 15.8 Å². The molecule has 1 aliphatic rings. The number of hydrogen-bond acceptors (Lipinski definition) is 4. The third kappa shape index (κ3) is 4.64. The molecule has 1 atom stereocenters.